The van der Waals surface area contributed by atoms with Crippen LogP contribution in [0.5, 0.6) is 0 Å². The van der Waals surface area contributed by atoms with Gasteiger partial charge in [-0.1, -0.05) is 12.1 Å². The van der Waals surface area contributed by atoms with E-state index < -0.39 is 17.1 Å². The number of rotatable bonds is 6. The van der Waals surface area contributed by atoms with Crippen molar-refractivity contribution in [1.29, 1.82) is 0 Å². The number of nitrogens with one attached hydrogen (secondary N) is 1. The average molecular weight is 265 g/mol. The van der Waals surface area contributed by atoms with Gasteiger partial charge in [0, 0.05) is 19.2 Å². The molecule has 0 heterocycles. The highest BCUT2D eigenvalue weighted by atomic mass is 16.5. The van der Waals surface area contributed by atoms with Crippen molar-refractivity contribution in [2.24, 2.45) is 0 Å². The van der Waals surface area contributed by atoms with Gasteiger partial charge in [0.2, 0.25) is 0 Å². The first-order chi connectivity index (χ1) is 8.68. The minimum atomic E-state index is -1.08. The molecule has 0 spiro atoms. The number of carboxylic acids is 1. The molecule has 0 saturated carbocycles. The molecule has 4 heteroatoms. The summed E-state index contributed by atoms with van der Waals surface area (Å²) in [6, 6.07) is 7.68. The summed E-state index contributed by atoms with van der Waals surface area (Å²) in [6.07, 6.45) is 0.361. The topological polar surface area (TPSA) is 58.6 Å². The molecule has 2 N–H and O–H groups in total. The second kappa shape index (κ2) is 5.61. The Hall–Kier alpha value is -1.55. The Morgan fingerprint density at radius 2 is 2.00 bits per heavy atom. The van der Waals surface area contributed by atoms with Gasteiger partial charge in [-0.05, 0) is 45.4 Å². The molecule has 4 nitrogen and oxygen atoms in total. The van der Waals surface area contributed by atoms with Gasteiger partial charge in [0.05, 0.1) is 5.60 Å². The maximum atomic E-state index is 11.6. The third-order valence-corrected chi connectivity index (χ3v) is 3.24. The molecule has 1 aromatic rings. The lowest BCUT2D eigenvalue weighted by molar-refractivity contribution is -0.144. The smallest absolute Gasteiger partial charge is 0.329 e. The lowest BCUT2D eigenvalue weighted by Crippen LogP contribution is -2.49. The maximum absolute atomic E-state index is 11.6. The Labute approximate surface area is 114 Å². The minimum Gasteiger partial charge on any atom is -0.480 e. The summed E-state index contributed by atoms with van der Waals surface area (Å²) in [6.45, 7) is 7.42. The molecule has 0 amide bonds. The van der Waals surface area contributed by atoms with Crippen molar-refractivity contribution in [2.45, 2.75) is 45.3 Å². The Balaban J connectivity index is 2.97. The number of hydrogen-bond acceptors (Lipinski definition) is 3. The van der Waals surface area contributed by atoms with Gasteiger partial charge in [0.15, 0.2) is 0 Å². The van der Waals surface area contributed by atoms with Crippen LogP contribution in [0.25, 0.3) is 0 Å². The molecule has 1 rings (SSSR count). The Bertz CT molecular complexity index is 456. The standard InChI is InChI=1S/C15H23NO3/c1-11-7-6-8-12(9-11)16-15(4,13(17)18)10-14(2,3)19-5/h6-9,16H,10H2,1-5H3,(H,17,18). The van der Waals surface area contributed by atoms with Gasteiger partial charge in [-0.2, -0.15) is 0 Å². The Kier molecular flexibility index (Phi) is 4.58. The van der Waals surface area contributed by atoms with Crippen molar-refractivity contribution < 1.29 is 14.6 Å². The molecule has 0 aromatic heterocycles. The lowest BCUT2D eigenvalue weighted by Gasteiger charge is -2.35. The van der Waals surface area contributed by atoms with Crippen LogP contribution in [0.2, 0.25) is 0 Å². The molecule has 1 atom stereocenters. The van der Waals surface area contributed by atoms with E-state index >= 15 is 0 Å². The predicted octanol–water partition coefficient (Wildman–Crippen LogP) is 3.07. The van der Waals surface area contributed by atoms with E-state index in [9.17, 15) is 9.90 Å². The van der Waals surface area contributed by atoms with E-state index in [1.165, 1.54) is 0 Å². The molecular formula is C15H23NO3. The molecule has 0 fully saturated rings. The van der Waals surface area contributed by atoms with Crippen LogP contribution in [0, 0.1) is 6.92 Å². The van der Waals surface area contributed by atoms with Gasteiger partial charge >= 0.3 is 5.97 Å². The number of aryl methyl sites for hydroxylation is 1. The number of methoxy groups -OCH3 is 1. The minimum absolute atomic E-state index is 0.361. The number of carboxylic acid groups (broad SMARTS) is 1. The molecule has 19 heavy (non-hydrogen) atoms. The van der Waals surface area contributed by atoms with Crippen LogP contribution in [-0.4, -0.2) is 29.3 Å². The van der Waals surface area contributed by atoms with Crippen molar-refractivity contribution >= 4 is 11.7 Å². The van der Waals surface area contributed by atoms with E-state index in [1.807, 2.05) is 45.0 Å². The fourth-order valence-electron chi connectivity index (χ4n) is 2.14. The van der Waals surface area contributed by atoms with Crippen molar-refractivity contribution in [3.05, 3.63) is 29.8 Å². The maximum Gasteiger partial charge on any atom is 0.329 e. The molecule has 0 aliphatic carbocycles. The Morgan fingerprint density at radius 3 is 2.47 bits per heavy atom. The average Bonchev–Trinajstić information content (AvgIpc) is 2.28. The zero-order chi connectivity index (χ0) is 14.7. The van der Waals surface area contributed by atoms with E-state index in [2.05, 4.69) is 5.32 Å². The summed E-state index contributed by atoms with van der Waals surface area (Å²) in [4.78, 5) is 11.6. The van der Waals surface area contributed by atoms with Crippen molar-refractivity contribution in [3.8, 4) is 0 Å². The summed E-state index contributed by atoms with van der Waals surface area (Å²) in [5.74, 6) is -0.890. The third-order valence-electron chi connectivity index (χ3n) is 3.24. The van der Waals surface area contributed by atoms with E-state index in [4.69, 9.17) is 4.74 Å². The molecule has 1 unspecified atom stereocenters. The fraction of sp³-hybridized carbons (Fsp3) is 0.533. The zero-order valence-corrected chi connectivity index (χ0v) is 12.3. The molecule has 0 saturated heterocycles. The van der Waals surface area contributed by atoms with Crippen LogP contribution in [0.1, 0.15) is 32.8 Å². The fourth-order valence-corrected chi connectivity index (χ4v) is 2.14. The number of carbonyl (C=O) groups is 1. The summed E-state index contributed by atoms with van der Waals surface area (Å²) in [5.41, 5.74) is 0.303. The molecule has 0 aliphatic rings. The monoisotopic (exact) mass is 265 g/mol. The number of hydrogen-bond donors (Lipinski definition) is 2. The highest BCUT2D eigenvalue weighted by Gasteiger charge is 2.39. The SMILES string of the molecule is COC(C)(C)CC(C)(Nc1cccc(C)c1)C(=O)O. The summed E-state index contributed by atoms with van der Waals surface area (Å²) in [7, 11) is 1.59. The first-order valence-electron chi connectivity index (χ1n) is 6.32. The van der Waals surface area contributed by atoms with Gasteiger partial charge in [-0.15, -0.1) is 0 Å². The van der Waals surface area contributed by atoms with Gasteiger partial charge in [-0.3, -0.25) is 0 Å². The van der Waals surface area contributed by atoms with Crippen LogP contribution < -0.4 is 5.32 Å². The molecular weight excluding hydrogens is 242 g/mol. The second-order valence-electron chi connectivity index (χ2n) is 5.77. The summed E-state index contributed by atoms with van der Waals surface area (Å²) >= 11 is 0. The van der Waals surface area contributed by atoms with Crippen molar-refractivity contribution in [2.75, 3.05) is 12.4 Å². The third kappa shape index (κ3) is 4.24. The highest BCUT2D eigenvalue weighted by molar-refractivity contribution is 5.82. The zero-order valence-electron chi connectivity index (χ0n) is 12.3. The van der Waals surface area contributed by atoms with Crippen LogP contribution in [0.4, 0.5) is 5.69 Å². The molecule has 0 bridgehead atoms. The van der Waals surface area contributed by atoms with Gasteiger partial charge in [0.1, 0.15) is 5.54 Å². The van der Waals surface area contributed by atoms with E-state index in [0.717, 1.165) is 11.3 Å². The highest BCUT2D eigenvalue weighted by Crippen LogP contribution is 2.27. The van der Waals surface area contributed by atoms with Gasteiger partial charge in [-0.25, -0.2) is 4.79 Å². The van der Waals surface area contributed by atoms with Crippen LogP contribution in [0.3, 0.4) is 0 Å². The first-order valence-corrected chi connectivity index (χ1v) is 6.32. The predicted molar refractivity (Wildman–Crippen MR) is 76.5 cm³/mol. The largest absolute Gasteiger partial charge is 0.480 e. The number of benzene rings is 1. The van der Waals surface area contributed by atoms with E-state index in [0.29, 0.717) is 6.42 Å². The normalized spacial score (nSPS) is 14.8. The van der Waals surface area contributed by atoms with Crippen molar-refractivity contribution in [3.63, 3.8) is 0 Å². The van der Waals surface area contributed by atoms with Gasteiger partial charge in [0.25, 0.3) is 0 Å². The molecule has 106 valence electrons. The lowest BCUT2D eigenvalue weighted by atomic mass is 9.87. The van der Waals surface area contributed by atoms with Crippen LogP contribution >= 0.6 is 0 Å². The van der Waals surface area contributed by atoms with Crippen LogP contribution in [-0.2, 0) is 9.53 Å². The molecule has 1 aromatic carbocycles. The molecule has 0 aliphatic heterocycles. The van der Waals surface area contributed by atoms with Crippen LogP contribution in [0.15, 0.2) is 24.3 Å². The van der Waals surface area contributed by atoms with E-state index in [1.54, 1.807) is 14.0 Å². The Morgan fingerprint density at radius 1 is 1.37 bits per heavy atom. The second-order valence-corrected chi connectivity index (χ2v) is 5.77. The first kappa shape index (κ1) is 15.5. The quantitative estimate of drug-likeness (QED) is 0.830. The van der Waals surface area contributed by atoms with Crippen molar-refractivity contribution in [1.82, 2.24) is 0 Å². The number of ether oxygens (including phenoxy) is 1. The summed E-state index contributed by atoms with van der Waals surface area (Å²) in [5, 5.41) is 12.6. The van der Waals surface area contributed by atoms with Gasteiger partial charge < -0.3 is 15.2 Å². The summed E-state index contributed by atoms with van der Waals surface area (Å²) < 4.78 is 5.34. The molecule has 0 radical (unpaired) electrons. The van der Waals surface area contributed by atoms with E-state index in [-0.39, 0.29) is 0 Å². The number of aliphatic carboxylic acids is 1. The number of anilines is 1.